The number of ketones is 1. The Morgan fingerprint density at radius 3 is 1.95 bits per heavy atom. The zero-order valence-corrected chi connectivity index (χ0v) is 51.2. The second kappa shape index (κ2) is 33.8. The van der Waals surface area contributed by atoms with Gasteiger partial charge < -0.3 is 50.6 Å². The first-order chi connectivity index (χ1) is 40.2. The summed E-state index contributed by atoms with van der Waals surface area (Å²) in [5, 5.41) is 13.4. The highest BCUT2D eigenvalue weighted by Crippen LogP contribution is 2.30. The molecule has 4 rings (SSSR count). The summed E-state index contributed by atoms with van der Waals surface area (Å²) in [6.45, 7) is 13.8. The van der Waals surface area contributed by atoms with E-state index in [1.807, 2.05) is 13.8 Å². The predicted molar refractivity (Wildman–Crippen MR) is 313 cm³/mol. The number of carbonyl (C=O) groups excluding carboxylic acids is 11. The Balaban J connectivity index is 1.25. The van der Waals surface area contributed by atoms with Crippen molar-refractivity contribution in [3.8, 4) is 0 Å². The zero-order valence-electron chi connectivity index (χ0n) is 51.2. The van der Waals surface area contributed by atoms with Gasteiger partial charge in [-0.15, -0.1) is 0 Å². The van der Waals surface area contributed by atoms with Crippen molar-refractivity contribution in [1.29, 1.82) is 0 Å². The molecule has 2 aromatic rings. The molecule has 10 amide bonds. The number of Topliss-reactive ketones (excluding diaryl/α,β-unsaturated/α-hetero) is 1. The Kier molecular flexibility index (Phi) is 27.8. The molecule has 2 aromatic carbocycles. The molecular weight excluding hydrogens is 1100 g/mol. The third-order valence-electron chi connectivity index (χ3n) is 15.7. The van der Waals surface area contributed by atoms with Crippen LogP contribution in [0.15, 0.2) is 60.7 Å². The molecule has 0 aromatic heterocycles. The predicted octanol–water partition coefficient (Wildman–Crippen LogP) is 4.52. The first-order valence-electron chi connectivity index (χ1n) is 29.1. The van der Waals surface area contributed by atoms with E-state index >= 15 is 0 Å². The third kappa shape index (κ3) is 20.3. The van der Waals surface area contributed by atoms with Crippen LogP contribution in [-0.4, -0.2) is 182 Å². The molecule has 0 aliphatic carbocycles. The number of benzene rings is 2. The summed E-state index contributed by atoms with van der Waals surface area (Å²) in [4.78, 5) is 149. The van der Waals surface area contributed by atoms with Gasteiger partial charge in [0.05, 0.1) is 55.8 Å². The average molecular weight is 1190 g/mol. The minimum atomic E-state index is -1.04. The van der Waals surface area contributed by atoms with Crippen molar-refractivity contribution in [3.05, 3.63) is 77.6 Å². The standard InChI is InChI=1S/C61H88FN9O14/c1-13-38(6)55(46(83-11)32-51(76)70-31-17-18-45(70)57(84-12)39(7)58(79)65-40(8)56(78)42-22-24-43(62)25-23-42)68(9)52(77)34-64-60(81)54(37(4)5)69(10)61(82)85-35-41-20-26-44(27-21-41)66-48(73)33-63-59(80)53(36(2)3)67-47(72)19-15-14-16-30-71-49(74)28-29-50(71)75/h20-29,36-40,45-46,53-55,57H,13-19,30-35H2,1-12H3,(H,63,80)(H,64,81)(H,65,79)(H,66,73)(H,67,72)/t38-,39+,40-,45-,46+,53?,54?,55?,57+/m0/s1. The Labute approximate surface area is 498 Å². The number of imide groups is 1. The van der Waals surface area contributed by atoms with Gasteiger partial charge in [0.15, 0.2) is 5.78 Å². The Morgan fingerprint density at radius 1 is 0.729 bits per heavy atom. The molecular formula is C61H88FN9O14. The molecule has 5 N–H and O–H groups in total. The molecule has 23 nitrogen and oxygen atoms in total. The maximum absolute atomic E-state index is 14.3. The van der Waals surface area contributed by atoms with Crippen LogP contribution < -0.4 is 26.6 Å². The monoisotopic (exact) mass is 1190 g/mol. The van der Waals surface area contributed by atoms with Gasteiger partial charge in [-0.3, -0.25) is 57.7 Å². The number of rotatable bonds is 33. The van der Waals surface area contributed by atoms with Crippen LogP contribution in [0.25, 0.3) is 0 Å². The lowest BCUT2D eigenvalue weighted by Crippen LogP contribution is -2.56. The summed E-state index contributed by atoms with van der Waals surface area (Å²) in [5.74, 6) is -6.44. The molecule has 9 atom stereocenters. The minimum absolute atomic E-state index is 0.110. The fourth-order valence-corrected chi connectivity index (χ4v) is 10.6. The van der Waals surface area contributed by atoms with Crippen molar-refractivity contribution in [2.75, 3.05) is 59.8 Å². The molecule has 2 aliphatic rings. The number of nitrogens with zero attached hydrogens (tertiary/aromatic N) is 4. The zero-order chi connectivity index (χ0) is 63.2. The van der Waals surface area contributed by atoms with Crippen molar-refractivity contribution in [2.45, 2.75) is 156 Å². The SMILES string of the molecule is CC[C@H](C)C([C@@H](CC(=O)N1CCC[C@H]1[C@H](OC)[C@@H](C)C(=O)N[C@@H](C)C(=O)c1ccc(F)cc1)OC)N(C)C(=O)CNC(=O)C(C(C)C)N(C)C(=O)OCc1ccc(NC(=O)CNC(=O)C(NC(=O)CCCCCN2C(=O)C=CC2=O)C(C)C)cc1. The molecule has 0 spiro atoms. The highest BCUT2D eigenvalue weighted by Gasteiger charge is 2.43. The van der Waals surface area contributed by atoms with Gasteiger partial charge in [-0.2, -0.15) is 0 Å². The molecule has 0 saturated carbocycles. The van der Waals surface area contributed by atoms with Crippen LogP contribution in [0.2, 0.25) is 0 Å². The summed E-state index contributed by atoms with van der Waals surface area (Å²) >= 11 is 0. The number of unbranched alkanes of at least 4 members (excludes halogenated alkanes) is 2. The number of methoxy groups -OCH3 is 2. The number of nitrogens with one attached hydrogen (secondary N) is 5. The molecule has 468 valence electrons. The lowest BCUT2D eigenvalue weighted by molar-refractivity contribution is -0.146. The number of amides is 10. The van der Waals surface area contributed by atoms with Crippen LogP contribution in [0, 0.1) is 29.5 Å². The van der Waals surface area contributed by atoms with Gasteiger partial charge in [0.1, 0.15) is 24.5 Å². The van der Waals surface area contributed by atoms with Gasteiger partial charge in [0.2, 0.25) is 41.4 Å². The lowest BCUT2D eigenvalue weighted by atomic mass is 9.90. The second-order valence-corrected chi connectivity index (χ2v) is 22.5. The lowest BCUT2D eigenvalue weighted by Gasteiger charge is -2.39. The van der Waals surface area contributed by atoms with Crippen molar-refractivity contribution in [2.24, 2.45) is 23.7 Å². The third-order valence-corrected chi connectivity index (χ3v) is 15.7. The van der Waals surface area contributed by atoms with E-state index in [2.05, 4.69) is 26.6 Å². The van der Waals surface area contributed by atoms with Crippen molar-refractivity contribution in [3.63, 3.8) is 0 Å². The van der Waals surface area contributed by atoms with E-state index in [1.54, 1.807) is 77.8 Å². The molecule has 24 heteroatoms. The first-order valence-corrected chi connectivity index (χ1v) is 29.1. The fourth-order valence-electron chi connectivity index (χ4n) is 10.6. The molecule has 2 heterocycles. The Morgan fingerprint density at radius 2 is 1.36 bits per heavy atom. The summed E-state index contributed by atoms with van der Waals surface area (Å²) in [5.41, 5.74) is 1.20. The van der Waals surface area contributed by atoms with E-state index < -0.39 is 108 Å². The van der Waals surface area contributed by atoms with Gasteiger partial charge in [-0.25, -0.2) is 9.18 Å². The molecule has 85 heavy (non-hydrogen) atoms. The summed E-state index contributed by atoms with van der Waals surface area (Å²) < 4.78 is 30.9. The number of carbonyl (C=O) groups is 11. The van der Waals surface area contributed by atoms with Crippen molar-refractivity contribution < 1.29 is 71.3 Å². The van der Waals surface area contributed by atoms with E-state index in [0.29, 0.717) is 56.3 Å². The van der Waals surface area contributed by atoms with Gasteiger partial charge in [0.25, 0.3) is 11.8 Å². The number of likely N-dealkylation sites (tertiary alicyclic amines) is 1. The van der Waals surface area contributed by atoms with Crippen LogP contribution in [-0.2, 0) is 64.0 Å². The van der Waals surface area contributed by atoms with Crippen LogP contribution in [0.3, 0.4) is 0 Å². The van der Waals surface area contributed by atoms with Crippen molar-refractivity contribution >= 4 is 70.7 Å². The summed E-state index contributed by atoms with van der Waals surface area (Å²) in [6, 6.07) is 7.51. The molecule has 1 fully saturated rings. The van der Waals surface area contributed by atoms with E-state index in [9.17, 15) is 57.1 Å². The summed E-state index contributed by atoms with van der Waals surface area (Å²) in [6.07, 6.45) is 3.58. The van der Waals surface area contributed by atoms with E-state index in [-0.39, 0.29) is 73.6 Å². The van der Waals surface area contributed by atoms with Crippen LogP contribution in [0.5, 0.6) is 0 Å². The maximum Gasteiger partial charge on any atom is 0.410 e. The van der Waals surface area contributed by atoms with Gasteiger partial charge in [-0.1, -0.05) is 73.4 Å². The van der Waals surface area contributed by atoms with E-state index in [1.165, 1.54) is 62.6 Å². The Hall–Kier alpha value is -7.60. The summed E-state index contributed by atoms with van der Waals surface area (Å²) in [7, 11) is 5.93. The number of anilines is 1. The van der Waals surface area contributed by atoms with E-state index in [0.717, 1.165) is 9.80 Å². The van der Waals surface area contributed by atoms with Crippen LogP contribution in [0.1, 0.15) is 123 Å². The minimum Gasteiger partial charge on any atom is -0.445 e. The number of ether oxygens (including phenoxy) is 3. The molecule has 2 aliphatic heterocycles. The molecule has 1 saturated heterocycles. The quantitative estimate of drug-likeness (QED) is 0.0373. The molecule has 3 unspecified atom stereocenters. The number of halogens is 1. The fraction of sp³-hybridized carbons (Fsp3) is 0.590. The topological polar surface area (TPSA) is 289 Å². The number of hydrogen-bond donors (Lipinski definition) is 5. The smallest absolute Gasteiger partial charge is 0.410 e. The molecule has 0 radical (unpaired) electrons. The first kappa shape index (κ1) is 69.9. The van der Waals surface area contributed by atoms with Gasteiger partial charge in [0, 0.05) is 71.2 Å². The van der Waals surface area contributed by atoms with Crippen LogP contribution >= 0.6 is 0 Å². The van der Waals surface area contributed by atoms with Crippen molar-refractivity contribution in [1.82, 2.24) is 40.9 Å². The average Bonchev–Trinajstić information content (AvgIpc) is 4.33. The highest BCUT2D eigenvalue weighted by atomic mass is 19.1. The van der Waals surface area contributed by atoms with Gasteiger partial charge >= 0.3 is 6.09 Å². The number of hydrogen-bond acceptors (Lipinski definition) is 14. The maximum atomic E-state index is 14.3. The number of likely N-dealkylation sites (N-methyl/N-ethyl adjacent to an activating group) is 2. The largest absolute Gasteiger partial charge is 0.445 e. The van der Waals surface area contributed by atoms with Gasteiger partial charge in [-0.05, 0) is 92.3 Å². The normalized spacial score (nSPS) is 16.8. The highest BCUT2D eigenvalue weighted by molar-refractivity contribution is 6.12. The Bertz CT molecular complexity index is 2670. The molecule has 0 bridgehead atoms. The second-order valence-electron chi connectivity index (χ2n) is 22.5. The van der Waals surface area contributed by atoms with E-state index in [4.69, 9.17) is 14.2 Å². The van der Waals surface area contributed by atoms with Crippen LogP contribution in [0.4, 0.5) is 14.9 Å².